The minimum atomic E-state index is 0.730. The van der Waals surface area contributed by atoms with Crippen LogP contribution >= 0.6 is 0 Å². The molecule has 2 heteroatoms. The summed E-state index contributed by atoms with van der Waals surface area (Å²) >= 11 is 0. The summed E-state index contributed by atoms with van der Waals surface area (Å²) in [5.74, 6) is 1.71. The highest BCUT2D eigenvalue weighted by molar-refractivity contribution is 4.80. The van der Waals surface area contributed by atoms with E-state index >= 15 is 0 Å². The summed E-state index contributed by atoms with van der Waals surface area (Å²) in [6, 6.07) is 0.730. The van der Waals surface area contributed by atoms with E-state index in [9.17, 15) is 0 Å². The third kappa shape index (κ3) is 4.97. The molecule has 3 unspecified atom stereocenters. The molecule has 1 aliphatic heterocycles. The highest BCUT2D eigenvalue weighted by atomic mass is 15.2. The van der Waals surface area contributed by atoms with Crippen molar-refractivity contribution in [2.24, 2.45) is 11.8 Å². The molecule has 2 nitrogen and oxygen atoms in total. The Balaban J connectivity index is 2.31. The fraction of sp³-hybridized carbons (Fsp3) is 1.00. The van der Waals surface area contributed by atoms with Crippen molar-refractivity contribution >= 4 is 0 Å². The van der Waals surface area contributed by atoms with Crippen LogP contribution in [-0.4, -0.2) is 37.1 Å². The van der Waals surface area contributed by atoms with Crippen LogP contribution in [-0.2, 0) is 0 Å². The van der Waals surface area contributed by atoms with Crippen LogP contribution in [0.3, 0.4) is 0 Å². The summed E-state index contributed by atoms with van der Waals surface area (Å²) in [5, 5.41) is 3.55. The smallest absolute Gasteiger partial charge is 0.0105 e. The van der Waals surface area contributed by atoms with E-state index in [2.05, 4.69) is 37.9 Å². The lowest BCUT2D eigenvalue weighted by molar-refractivity contribution is 0.0992. The van der Waals surface area contributed by atoms with Gasteiger partial charge in [-0.15, -0.1) is 0 Å². The molecule has 1 aliphatic rings. The Morgan fingerprint density at radius 1 is 1.29 bits per heavy atom. The van der Waals surface area contributed by atoms with Gasteiger partial charge in [-0.25, -0.2) is 0 Å². The van der Waals surface area contributed by atoms with E-state index in [1.54, 1.807) is 0 Å². The molecule has 1 N–H and O–H groups in total. The first-order chi connectivity index (χ1) is 8.19. The van der Waals surface area contributed by atoms with Gasteiger partial charge in [0.2, 0.25) is 0 Å². The van der Waals surface area contributed by atoms with Gasteiger partial charge < -0.3 is 10.2 Å². The highest BCUT2D eigenvalue weighted by Gasteiger charge is 2.25. The van der Waals surface area contributed by atoms with Crippen LogP contribution < -0.4 is 5.32 Å². The van der Waals surface area contributed by atoms with E-state index in [1.165, 1.54) is 45.3 Å². The third-order valence-corrected chi connectivity index (χ3v) is 4.42. The lowest BCUT2D eigenvalue weighted by atomic mass is 9.92. The molecule has 1 fully saturated rings. The topological polar surface area (TPSA) is 15.3 Å². The van der Waals surface area contributed by atoms with Gasteiger partial charge in [-0.3, -0.25) is 0 Å². The Kier molecular flexibility index (Phi) is 7.14. The van der Waals surface area contributed by atoms with Gasteiger partial charge in [-0.2, -0.15) is 0 Å². The molecule has 0 aliphatic carbocycles. The molecule has 0 aromatic rings. The molecule has 1 rings (SSSR count). The predicted octanol–water partition coefficient (Wildman–Crippen LogP) is 3.13. The van der Waals surface area contributed by atoms with Crippen molar-refractivity contribution < 1.29 is 0 Å². The first kappa shape index (κ1) is 15.0. The lowest BCUT2D eigenvalue weighted by Crippen LogP contribution is -2.46. The third-order valence-electron chi connectivity index (χ3n) is 4.42. The zero-order valence-corrected chi connectivity index (χ0v) is 12.3. The SMILES string of the molecule is CCCNCC(C)C(C)N1CCCC(CC)C1. The van der Waals surface area contributed by atoms with Crippen LogP contribution in [0.2, 0.25) is 0 Å². The Bertz CT molecular complexity index is 193. The number of hydrogen-bond donors (Lipinski definition) is 1. The van der Waals surface area contributed by atoms with E-state index in [4.69, 9.17) is 0 Å². The number of rotatable bonds is 7. The lowest BCUT2D eigenvalue weighted by Gasteiger charge is -2.39. The van der Waals surface area contributed by atoms with E-state index < -0.39 is 0 Å². The first-order valence-electron chi connectivity index (χ1n) is 7.63. The quantitative estimate of drug-likeness (QED) is 0.688. The summed E-state index contributed by atoms with van der Waals surface area (Å²) in [6.45, 7) is 14.4. The van der Waals surface area contributed by atoms with Gasteiger partial charge in [-0.05, 0) is 57.7 Å². The second-order valence-electron chi connectivity index (χ2n) is 5.83. The molecule has 1 saturated heterocycles. The summed E-state index contributed by atoms with van der Waals surface area (Å²) in [5.41, 5.74) is 0. The second kappa shape index (κ2) is 8.10. The maximum absolute atomic E-state index is 3.55. The number of hydrogen-bond acceptors (Lipinski definition) is 2. The van der Waals surface area contributed by atoms with Crippen molar-refractivity contribution in [1.29, 1.82) is 0 Å². The number of piperidine rings is 1. The zero-order valence-electron chi connectivity index (χ0n) is 12.3. The van der Waals surface area contributed by atoms with Gasteiger partial charge >= 0.3 is 0 Å². The Morgan fingerprint density at radius 3 is 2.71 bits per heavy atom. The molecule has 1 heterocycles. The molecule has 0 aromatic heterocycles. The van der Waals surface area contributed by atoms with E-state index in [-0.39, 0.29) is 0 Å². The molecule has 0 bridgehead atoms. The molecule has 0 radical (unpaired) electrons. The van der Waals surface area contributed by atoms with Gasteiger partial charge in [0.05, 0.1) is 0 Å². The highest BCUT2D eigenvalue weighted by Crippen LogP contribution is 2.23. The predicted molar refractivity (Wildman–Crippen MR) is 76.4 cm³/mol. The molecule has 17 heavy (non-hydrogen) atoms. The molecule has 0 aromatic carbocycles. The van der Waals surface area contributed by atoms with Gasteiger partial charge in [0.25, 0.3) is 0 Å². The summed E-state index contributed by atoms with van der Waals surface area (Å²) in [6.07, 6.45) is 5.44. The molecule has 0 saturated carbocycles. The molecule has 3 atom stereocenters. The first-order valence-corrected chi connectivity index (χ1v) is 7.63. The van der Waals surface area contributed by atoms with Crippen molar-refractivity contribution in [2.45, 2.75) is 59.4 Å². The molecular formula is C15H32N2. The van der Waals surface area contributed by atoms with Crippen molar-refractivity contribution in [2.75, 3.05) is 26.2 Å². The molecule has 0 amide bonds. The van der Waals surface area contributed by atoms with Crippen LogP contribution in [0.1, 0.15) is 53.4 Å². The van der Waals surface area contributed by atoms with Crippen LogP contribution in [0.4, 0.5) is 0 Å². The van der Waals surface area contributed by atoms with Crippen molar-refractivity contribution in [3.05, 3.63) is 0 Å². The minimum absolute atomic E-state index is 0.730. The van der Waals surface area contributed by atoms with Crippen LogP contribution in [0, 0.1) is 11.8 Å². The van der Waals surface area contributed by atoms with Gasteiger partial charge in [0.1, 0.15) is 0 Å². The number of likely N-dealkylation sites (tertiary alicyclic amines) is 1. The van der Waals surface area contributed by atoms with E-state index in [1.807, 2.05) is 0 Å². The molecule has 0 spiro atoms. The van der Waals surface area contributed by atoms with Gasteiger partial charge in [0, 0.05) is 12.6 Å². The second-order valence-corrected chi connectivity index (χ2v) is 5.83. The van der Waals surface area contributed by atoms with Gasteiger partial charge in [-0.1, -0.05) is 27.2 Å². The monoisotopic (exact) mass is 240 g/mol. The normalized spacial score (nSPS) is 25.8. The van der Waals surface area contributed by atoms with Crippen molar-refractivity contribution in [1.82, 2.24) is 10.2 Å². The molecular weight excluding hydrogens is 208 g/mol. The Morgan fingerprint density at radius 2 is 2.06 bits per heavy atom. The Hall–Kier alpha value is -0.0800. The number of nitrogens with one attached hydrogen (secondary N) is 1. The van der Waals surface area contributed by atoms with Crippen molar-refractivity contribution in [3.63, 3.8) is 0 Å². The Labute approximate surface area is 108 Å². The van der Waals surface area contributed by atoms with Crippen LogP contribution in [0.25, 0.3) is 0 Å². The maximum Gasteiger partial charge on any atom is 0.0105 e. The largest absolute Gasteiger partial charge is 0.316 e. The zero-order chi connectivity index (χ0) is 12.7. The summed E-state index contributed by atoms with van der Waals surface area (Å²) in [4.78, 5) is 2.72. The summed E-state index contributed by atoms with van der Waals surface area (Å²) in [7, 11) is 0. The van der Waals surface area contributed by atoms with E-state index in [0.29, 0.717) is 0 Å². The minimum Gasteiger partial charge on any atom is -0.316 e. The standard InChI is InChI=1S/C15H32N2/c1-5-9-16-11-13(3)14(4)17-10-7-8-15(6-2)12-17/h13-16H,5-12H2,1-4H3. The summed E-state index contributed by atoms with van der Waals surface area (Å²) < 4.78 is 0. The molecule has 102 valence electrons. The fourth-order valence-electron chi connectivity index (χ4n) is 2.84. The maximum atomic E-state index is 3.55. The average Bonchev–Trinajstić information content (AvgIpc) is 2.38. The fourth-order valence-corrected chi connectivity index (χ4v) is 2.84. The van der Waals surface area contributed by atoms with E-state index in [0.717, 1.165) is 24.4 Å². The number of nitrogens with zero attached hydrogens (tertiary/aromatic N) is 1. The van der Waals surface area contributed by atoms with Crippen LogP contribution in [0.15, 0.2) is 0 Å². The average molecular weight is 240 g/mol. The van der Waals surface area contributed by atoms with Gasteiger partial charge in [0.15, 0.2) is 0 Å². The van der Waals surface area contributed by atoms with Crippen molar-refractivity contribution in [3.8, 4) is 0 Å². The van der Waals surface area contributed by atoms with Crippen LogP contribution in [0.5, 0.6) is 0 Å².